The standard InChI is InChI=1S/C24H29N3O4/c1-17(2)12-14-31-22-10-5-18(15-23(22)30-4)24(28)25-16-19-11-13-27(26-19)20-6-8-21(29-3)9-7-20/h5-11,13,15,17H,12,14,16H2,1-4H3,(H,25,28). The second-order valence-electron chi connectivity index (χ2n) is 7.53. The predicted molar refractivity (Wildman–Crippen MR) is 119 cm³/mol. The molecule has 0 saturated carbocycles. The smallest absolute Gasteiger partial charge is 0.251 e. The highest BCUT2D eigenvalue weighted by molar-refractivity contribution is 5.94. The lowest BCUT2D eigenvalue weighted by molar-refractivity contribution is 0.0950. The van der Waals surface area contributed by atoms with Gasteiger partial charge >= 0.3 is 0 Å². The van der Waals surface area contributed by atoms with Crippen LogP contribution in [0.25, 0.3) is 5.69 Å². The highest BCUT2D eigenvalue weighted by Gasteiger charge is 2.12. The third kappa shape index (κ3) is 6.01. The summed E-state index contributed by atoms with van der Waals surface area (Å²) in [5, 5.41) is 7.41. The third-order valence-electron chi connectivity index (χ3n) is 4.79. The molecular formula is C24H29N3O4. The Morgan fingerprint density at radius 1 is 1.03 bits per heavy atom. The van der Waals surface area contributed by atoms with E-state index < -0.39 is 0 Å². The number of methoxy groups -OCH3 is 2. The zero-order chi connectivity index (χ0) is 22.2. The number of amides is 1. The van der Waals surface area contributed by atoms with Crippen molar-refractivity contribution in [3.63, 3.8) is 0 Å². The topological polar surface area (TPSA) is 74.6 Å². The van der Waals surface area contributed by atoms with Crippen molar-refractivity contribution < 1.29 is 19.0 Å². The van der Waals surface area contributed by atoms with Gasteiger partial charge in [0.2, 0.25) is 0 Å². The van der Waals surface area contributed by atoms with Gasteiger partial charge in [-0.2, -0.15) is 5.10 Å². The summed E-state index contributed by atoms with van der Waals surface area (Å²) in [5.74, 6) is 2.32. The molecule has 0 aliphatic heterocycles. The lowest BCUT2D eigenvalue weighted by atomic mass is 10.1. The zero-order valence-electron chi connectivity index (χ0n) is 18.4. The largest absolute Gasteiger partial charge is 0.497 e. The fourth-order valence-corrected chi connectivity index (χ4v) is 2.94. The van der Waals surface area contributed by atoms with E-state index in [1.165, 1.54) is 0 Å². The summed E-state index contributed by atoms with van der Waals surface area (Å²) >= 11 is 0. The highest BCUT2D eigenvalue weighted by atomic mass is 16.5. The second-order valence-corrected chi connectivity index (χ2v) is 7.53. The quantitative estimate of drug-likeness (QED) is 0.528. The fraction of sp³-hybridized carbons (Fsp3) is 0.333. The maximum Gasteiger partial charge on any atom is 0.251 e. The molecule has 7 nitrogen and oxygen atoms in total. The van der Waals surface area contributed by atoms with Gasteiger partial charge in [0, 0.05) is 11.8 Å². The van der Waals surface area contributed by atoms with Crippen molar-refractivity contribution in [2.45, 2.75) is 26.8 Å². The van der Waals surface area contributed by atoms with Gasteiger partial charge in [-0.15, -0.1) is 0 Å². The molecular weight excluding hydrogens is 394 g/mol. The molecule has 0 aliphatic rings. The molecule has 7 heteroatoms. The average Bonchev–Trinajstić information content (AvgIpc) is 3.26. The van der Waals surface area contributed by atoms with E-state index in [1.54, 1.807) is 37.1 Å². The van der Waals surface area contributed by atoms with Crippen molar-refractivity contribution >= 4 is 5.91 Å². The molecule has 3 rings (SSSR count). The number of hydrogen-bond donors (Lipinski definition) is 1. The van der Waals surface area contributed by atoms with Gasteiger partial charge in [-0.3, -0.25) is 4.79 Å². The van der Waals surface area contributed by atoms with Crippen LogP contribution in [0, 0.1) is 5.92 Å². The Bertz CT molecular complexity index is 996. The molecule has 164 valence electrons. The molecule has 1 N–H and O–H groups in total. The van der Waals surface area contributed by atoms with Gasteiger partial charge in [0.1, 0.15) is 5.75 Å². The van der Waals surface area contributed by atoms with Crippen LogP contribution in [0.15, 0.2) is 54.7 Å². The minimum absolute atomic E-state index is 0.203. The molecule has 0 aliphatic carbocycles. The Morgan fingerprint density at radius 2 is 1.81 bits per heavy atom. The maximum atomic E-state index is 12.6. The lowest BCUT2D eigenvalue weighted by Crippen LogP contribution is -2.23. The van der Waals surface area contributed by atoms with Gasteiger partial charge in [0.25, 0.3) is 5.91 Å². The summed E-state index contributed by atoms with van der Waals surface area (Å²) in [4.78, 5) is 12.6. The zero-order valence-corrected chi connectivity index (χ0v) is 18.4. The molecule has 0 bridgehead atoms. The molecule has 0 unspecified atom stereocenters. The average molecular weight is 424 g/mol. The molecule has 2 aromatic carbocycles. The Kier molecular flexibility index (Phi) is 7.54. The van der Waals surface area contributed by atoms with E-state index in [0.29, 0.717) is 36.1 Å². The first-order valence-corrected chi connectivity index (χ1v) is 10.3. The van der Waals surface area contributed by atoms with E-state index in [1.807, 2.05) is 36.5 Å². The van der Waals surface area contributed by atoms with Crippen molar-refractivity contribution in [1.82, 2.24) is 15.1 Å². The van der Waals surface area contributed by atoms with Crippen LogP contribution in [0.2, 0.25) is 0 Å². The maximum absolute atomic E-state index is 12.6. The Hall–Kier alpha value is -3.48. The van der Waals surface area contributed by atoms with Gasteiger partial charge in [0.15, 0.2) is 11.5 Å². The number of ether oxygens (including phenoxy) is 3. The minimum Gasteiger partial charge on any atom is -0.497 e. The summed E-state index contributed by atoms with van der Waals surface area (Å²) in [6.07, 6.45) is 2.81. The van der Waals surface area contributed by atoms with Crippen LogP contribution >= 0.6 is 0 Å². The van der Waals surface area contributed by atoms with Crippen molar-refractivity contribution in [2.24, 2.45) is 5.92 Å². The van der Waals surface area contributed by atoms with Gasteiger partial charge in [-0.25, -0.2) is 4.68 Å². The van der Waals surface area contributed by atoms with Gasteiger partial charge in [-0.1, -0.05) is 13.8 Å². The van der Waals surface area contributed by atoms with Gasteiger partial charge in [-0.05, 0) is 60.9 Å². The van der Waals surface area contributed by atoms with Crippen LogP contribution in [0.5, 0.6) is 17.2 Å². The number of aromatic nitrogens is 2. The first kappa shape index (κ1) is 22.2. The Balaban J connectivity index is 1.59. The summed E-state index contributed by atoms with van der Waals surface area (Å²) in [7, 11) is 3.20. The molecule has 3 aromatic rings. The van der Waals surface area contributed by atoms with Gasteiger partial charge < -0.3 is 19.5 Å². The Labute approximate surface area is 182 Å². The number of nitrogens with one attached hydrogen (secondary N) is 1. The SMILES string of the molecule is COc1ccc(-n2ccc(CNC(=O)c3ccc(OCCC(C)C)c(OC)c3)n2)cc1. The van der Waals surface area contributed by atoms with Crippen LogP contribution in [0.3, 0.4) is 0 Å². The summed E-state index contributed by atoms with van der Waals surface area (Å²) in [6.45, 7) is 5.22. The number of rotatable bonds is 10. The predicted octanol–water partition coefficient (Wildman–Crippen LogP) is 4.24. The first-order valence-electron chi connectivity index (χ1n) is 10.3. The highest BCUT2D eigenvalue weighted by Crippen LogP contribution is 2.28. The molecule has 0 saturated heterocycles. The molecule has 0 fully saturated rings. The molecule has 1 aromatic heterocycles. The molecule has 0 atom stereocenters. The van der Waals surface area contributed by atoms with Crippen molar-refractivity contribution in [2.75, 3.05) is 20.8 Å². The minimum atomic E-state index is -0.203. The summed E-state index contributed by atoms with van der Waals surface area (Å²) in [5.41, 5.74) is 2.17. The molecule has 31 heavy (non-hydrogen) atoms. The van der Waals surface area contributed by atoms with E-state index in [4.69, 9.17) is 14.2 Å². The number of carbonyl (C=O) groups is 1. The number of hydrogen-bond acceptors (Lipinski definition) is 5. The normalized spacial score (nSPS) is 10.7. The number of nitrogens with zero attached hydrogens (tertiary/aromatic N) is 2. The Morgan fingerprint density at radius 3 is 2.48 bits per heavy atom. The van der Waals surface area contributed by atoms with Crippen LogP contribution < -0.4 is 19.5 Å². The van der Waals surface area contributed by atoms with Crippen molar-refractivity contribution in [1.29, 1.82) is 0 Å². The number of carbonyl (C=O) groups excluding carboxylic acids is 1. The molecule has 0 radical (unpaired) electrons. The monoisotopic (exact) mass is 423 g/mol. The summed E-state index contributed by atoms with van der Waals surface area (Å²) < 4.78 is 18.1. The summed E-state index contributed by atoms with van der Waals surface area (Å²) in [6, 6.07) is 14.7. The van der Waals surface area contributed by atoms with Crippen LogP contribution in [-0.2, 0) is 6.54 Å². The third-order valence-corrected chi connectivity index (χ3v) is 4.79. The van der Waals surface area contributed by atoms with Crippen LogP contribution in [0.1, 0.15) is 36.3 Å². The van der Waals surface area contributed by atoms with Crippen LogP contribution in [-0.4, -0.2) is 36.5 Å². The van der Waals surface area contributed by atoms with E-state index in [9.17, 15) is 4.79 Å². The molecule has 1 amide bonds. The molecule has 1 heterocycles. The lowest BCUT2D eigenvalue weighted by Gasteiger charge is -2.13. The van der Waals surface area contributed by atoms with Gasteiger partial charge in [0.05, 0.1) is 38.8 Å². The van der Waals surface area contributed by atoms with E-state index in [-0.39, 0.29) is 5.91 Å². The fourth-order valence-electron chi connectivity index (χ4n) is 2.94. The van der Waals surface area contributed by atoms with Crippen LogP contribution in [0.4, 0.5) is 0 Å². The first-order chi connectivity index (χ1) is 15.0. The van der Waals surface area contributed by atoms with E-state index in [2.05, 4.69) is 24.3 Å². The van der Waals surface area contributed by atoms with E-state index in [0.717, 1.165) is 23.6 Å². The second kappa shape index (κ2) is 10.5. The van der Waals surface area contributed by atoms with E-state index >= 15 is 0 Å². The van der Waals surface area contributed by atoms with Crippen molar-refractivity contribution in [3.05, 3.63) is 66.0 Å². The molecule has 0 spiro atoms. The number of benzene rings is 2. The van der Waals surface area contributed by atoms with Crippen molar-refractivity contribution in [3.8, 4) is 22.9 Å².